The number of ketones is 1. The average molecular weight is 257 g/mol. The Labute approximate surface area is 106 Å². The highest BCUT2D eigenvalue weighted by atomic mass is 16.5. The van der Waals surface area contributed by atoms with Crippen LogP contribution in [-0.4, -0.2) is 42.0 Å². The van der Waals surface area contributed by atoms with Gasteiger partial charge in [0.05, 0.1) is 12.5 Å². The molecule has 2 atom stereocenters. The normalized spacial score (nSPS) is 20.4. The molecule has 0 aromatic heterocycles. The molecule has 1 fully saturated rings. The second-order valence-corrected chi connectivity index (χ2v) is 4.39. The van der Waals surface area contributed by atoms with Gasteiger partial charge in [0.25, 0.3) is 0 Å². The van der Waals surface area contributed by atoms with Crippen molar-refractivity contribution < 1.29 is 24.2 Å². The van der Waals surface area contributed by atoms with Crippen LogP contribution in [0.25, 0.3) is 0 Å². The molecule has 18 heavy (non-hydrogen) atoms. The lowest BCUT2D eigenvalue weighted by atomic mass is 10.0. The summed E-state index contributed by atoms with van der Waals surface area (Å²) in [6.07, 6.45) is 1.32. The number of amides is 1. The van der Waals surface area contributed by atoms with Crippen molar-refractivity contribution >= 4 is 17.7 Å². The molecule has 6 nitrogen and oxygen atoms in total. The third-order valence-corrected chi connectivity index (χ3v) is 3.02. The molecule has 1 aliphatic rings. The molecule has 0 bridgehead atoms. The molecule has 1 amide bonds. The number of Topliss-reactive ketones (excluding diaryl/α,β-unsaturated/α-hetero) is 1. The number of carbonyl (C=O) groups is 3. The fraction of sp³-hybridized carbons (Fsp3) is 0.750. The molecule has 0 spiro atoms. The van der Waals surface area contributed by atoms with E-state index in [9.17, 15) is 14.4 Å². The van der Waals surface area contributed by atoms with Crippen molar-refractivity contribution in [2.45, 2.75) is 38.6 Å². The van der Waals surface area contributed by atoms with E-state index in [-0.39, 0.29) is 30.4 Å². The molecule has 1 rings (SSSR count). The third kappa shape index (κ3) is 4.44. The molecule has 0 unspecified atom stereocenters. The Balaban J connectivity index is 2.44. The molecular weight excluding hydrogens is 238 g/mol. The zero-order chi connectivity index (χ0) is 13.5. The number of nitrogens with one attached hydrogen (secondary N) is 1. The molecule has 0 radical (unpaired) electrons. The van der Waals surface area contributed by atoms with Crippen LogP contribution in [0.4, 0.5) is 0 Å². The van der Waals surface area contributed by atoms with Gasteiger partial charge in [-0.1, -0.05) is 6.92 Å². The molecule has 0 saturated carbocycles. The number of carbonyl (C=O) groups excluding carboxylic acids is 2. The number of aliphatic carboxylic acids is 1. The standard InChI is InChI=1S/C12H19NO5/c1-2-9(14)3-4-10(12(16)17)13-11(15)8-5-6-18-7-8/h8,10H,2-7H2,1H3,(H,13,15)(H,16,17)/t8-,10-/m0/s1. The maximum atomic E-state index is 11.7. The predicted octanol–water partition coefficient (Wildman–Crippen LogP) is 0.352. The summed E-state index contributed by atoms with van der Waals surface area (Å²) in [4.78, 5) is 33.9. The van der Waals surface area contributed by atoms with Crippen molar-refractivity contribution in [1.29, 1.82) is 0 Å². The van der Waals surface area contributed by atoms with Gasteiger partial charge in [-0.3, -0.25) is 9.59 Å². The minimum atomic E-state index is -1.11. The van der Waals surface area contributed by atoms with Gasteiger partial charge in [0.1, 0.15) is 11.8 Å². The molecule has 1 aliphatic heterocycles. The van der Waals surface area contributed by atoms with E-state index in [1.54, 1.807) is 6.92 Å². The fourth-order valence-electron chi connectivity index (χ4n) is 1.77. The number of hydrogen-bond donors (Lipinski definition) is 2. The number of carboxylic acid groups (broad SMARTS) is 1. The number of ether oxygens (including phenoxy) is 1. The van der Waals surface area contributed by atoms with Crippen LogP contribution < -0.4 is 5.32 Å². The van der Waals surface area contributed by atoms with Gasteiger partial charge in [-0.25, -0.2) is 4.79 Å². The van der Waals surface area contributed by atoms with E-state index in [4.69, 9.17) is 9.84 Å². The molecule has 0 aromatic rings. The Bertz CT molecular complexity index is 322. The lowest BCUT2D eigenvalue weighted by Gasteiger charge is -2.16. The third-order valence-electron chi connectivity index (χ3n) is 3.02. The Morgan fingerprint density at radius 1 is 1.44 bits per heavy atom. The van der Waals surface area contributed by atoms with Crippen LogP contribution in [0.5, 0.6) is 0 Å². The lowest BCUT2D eigenvalue weighted by molar-refractivity contribution is -0.142. The topological polar surface area (TPSA) is 92.7 Å². The smallest absolute Gasteiger partial charge is 0.326 e. The summed E-state index contributed by atoms with van der Waals surface area (Å²) in [6, 6.07) is -0.992. The molecule has 102 valence electrons. The van der Waals surface area contributed by atoms with Crippen molar-refractivity contribution in [1.82, 2.24) is 5.32 Å². The Kier molecular flexibility index (Phi) is 5.77. The Morgan fingerprint density at radius 2 is 2.17 bits per heavy atom. The van der Waals surface area contributed by atoms with Crippen molar-refractivity contribution in [3.63, 3.8) is 0 Å². The van der Waals surface area contributed by atoms with Crippen LogP contribution in [0.3, 0.4) is 0 Å². The quantitative estimate of drug-likeness (QED) is 0.686. The zero-order valence-electron chi connectivity index (χ0n) is 10.5. The second-order valence-electron chi connectivity index (χ2n) is 4.39. The van der Waals surface area contributed by atoms with Crippen molar-refractivity contribution in [2.24, 2.45) is 5.92 Å². The monoisotopic (exact) mass is 257 g/mol. The molecule has 0 aliphatic carbocycles. The van der Waals surface area contributed by atoms with Crippen LogP contribution in [0.15, 0.2) is 0 Å². The predicted molar refractivity (Wildman–Crippen MR) is 63.0 cm³/mol. The van der Waals surface area contributed by atoms with Gasteiger partial charge < -0.3 is 15.2 Å². The van der Waals surface area contributed by atoms with Crippen molar-refractivity contribution in [3.05, 3.63) is 0 Å². The van der Waals surface area contributed by atoms with E-state index < -0.39 is 12.0 Å². The van der Waals surface area contributed by atoms with Gasteiger partial charge in [-0.05, 0) is 12.8 Å². The summed E-state index contributed by atoms with van der Waals surface area (Å²) in [5, 5.41) is 11.5. The molecular formula is C12H19NO5. The molecule has 1 saturated heterocycles. The first-order valence-electron chi connectivity index (χ1n) is 6.17. The van der Waals surface area contributed by atoms with Gasteiger partial charge >= 0.3 is 5.97 Å². The van der Waals surface area contributed by atoms with Crippen LogP contribution in [0.1, 0.15) is 32.6 Å². The van der Waals surface area contributed by atoms with Gasteiger partial charge in [0, 0.05) is 19.4 Å². The Morgan fingerprint density at radius 3 is 2.67 bits per heavy atom. The van der Waals surface area contributed by atoms with Crippen molar-refractivity contribution in [3.8, 4) is 0 Å². The molecule has 0 aromatic carbocycles. The summed E-state index contributed by atoms with van der Waals surface area (Å²) in [7, 11) is 0. The molecule has 2 N–H and O–H groups in total. The Hall–Kier alpha value is -1.43. The van der Waals surface area contributed by atoms with Gasteiger partial charge in [-0.2, -0.15) is 0 Å². The highest BCUT2D eigenvalue weighted by Crippen LogP contribution is 2.13. The largest absolute Gasteiger partial charge is 0.480 e. The maximum absolute atomic E-state index is 11.7. The van der Waals surface area contributed by atoms with Crippen molar-refractivity contribution in [2.75, 3.05) is 13.2 Å². The fourth-order valence-corrected chi connectivity index (χ4v) is 1.77. The van der Waals surface area contributed by atoms with E-state index in [2.05, 4.69) is 5.32 Å². The molecule has 1 heterocycles. The van der Waals surface area contributed by atoms with E-state index in [0.717, 1.165) is 0 Å². The first-order valence-corrected chi connectivity index (χ1v) is 6.17. The number of carboxylic acids is 1. The van der Waals surface area contributed by atoms with E-state index in [0.29, 0.717) is 26.1 Å². The van der Waals surface area contributed by atoms with Crippen LogP contribution in [0, 0.1) is 5.92 Å². The maximum Gasteiger partial charge on any atom is 0.326 e. The summed E-state index contributed by atoms with van der Waals surface area (Å²) < 4.78 is 5.07. The summed E-state index contributed by atoms with van der Waals surface area (Å²) in [5.41, 5.74) is 0. The van der Waals surface area contributed by atoms with E-state index in [1.807, 2.05) is 0 Å². The SMILES string of the molecule is CCC(=O)CC[C@H](NC(=O)[C@H]1CCOC1)C(=O)O. The highest BCUT2D eigenvalue weighted by Gasteiger charge is 2.28. The average Bonchev–Trinajstić information content (AvgIpc) is 2.87. The minimum absolute atomic E-state index is 0.000279. The van der Waals surface area contributed by atoms with Crippen LogP contribution >= 0.6 is 0 Å². The van der Waals surface area contributed by atoms with Crippen LogP contribution in [-0.2, 0) is 19.1 Å². The van der Waals surface area contributed by atoms with Gasteiger partial charge in [0.2, 0.25) is 5.91 Å². The first-order chi connectivity index (χ1) is 8.54. The van der Waals surface area contributed by atoms with Gasteiger partial charge in [0.15, 0.2) is 0 Å². The summed E-state index contributed by atoms with van der Waals surface area (Å²) in [6.45, 7) is 2.60. The van der Waals surface area contributed by atoms with E-state index >= 15 is 0 Å². The number of rotatable bonds is 7. The second kappa shape index (κ2) is 7.10. The first kappa shape index (κ1) is 14.6. The summed E-state index contributed by atoms with van der Waals surface area (Å²) in [5.74, 6) is -1.68. The van der Waals surface area contributed by atoms with E-state index in [1.165, 1.54) is 0 Å². The number of hydrogen-bond acceptors (Lipinski definition) is 4. The van der Waals surface area contributed by atoms with Gasteiger partial charge in [-0.15, -0.1) is 0 Å². The highest BCUT2D eigenvalue weighted by molar-refractivity contribution is 5.86. The summed E-state index contributed by atoms with van der Waals surface area (Å²) >= 11 is 0. The zero-order valence-corrected chi connectivity index (χ0v) is 10.5. The molecule has 6 heteroatoms. The van der Waals surface area contributed by atoms with Crippen LogP contribution in [0.2, 0.25) is 0 Å². The lowest BCUT2D eigenvalue weighted by Crippen LogP contribution is -2.44. The minimum Gasteiger partial charge on any atom is -0.480 e.